The van der Waals surface area contributed by atoms with Gasteiger partial charge in [-0.3, -0.25) is 4.79 Å². The van der Waals surface area contributed by atoms with Crippen LogP contribution in [0.5, 0.6) is 0 Å². The number of carbonyl (C=O) groups is 1. The number of halogens is 1. The van der Waals surface area contributed by atoms with Crippen molar-refractivity contribution in [2.45, 2.75) is 20.3 Å². The first-order valence-corrected chi connectivity index (χ1v) is 6.97. The van der Waals surface area contributed by atoms with Crippen molar-refractivity contribution < 1.29 is 4.79 Å². The molecule has 0 saturated carbocycles. The molecule has 20 heavy (non-hydrogen) atoms. The fourth-order valence-electron chi connectivity index (χ4n) is 1.78. The zero-order chi connectivity index (χ0) is 15.0. The quantitative estimate of drug-likeness (QED) is 0.481. The van der Waals surface area contributed by atoms with Gasteiger partial charge in [-0.25, -0.2) is 0 Å². The Kier molecular flexibility index (Phi) is 6.61. The molecule has 1 amide bonds. The van der Waals surface area contributed by atoms with Gasteiger partial charge in [0.1, 0.15) is 11.6 Å². The Bertz CT molecular complexity index is 547. The van der Waals surface area contributed by atoms with Crippen LogP contribution in [-0.2, 0) is 11.2 Å². The second kappa shape index (κ2) is 8.23. The summed E-state index contributed by atoms with van der Waals surface area (Å²) in [6, 6.07) is 7.87. The zero-order valence-electron chi connectivity index (χ0n) is 11.7. The van der Waals surface area contributed by atoms with E-state index in [-0.39, 0.29) is 5.57 Å². The average molecular weight is 292 g/mol. The summed E-state index contributed by atoms with van der Waals surface area (Å²) in [6.45, 7) is 4.38. The second-order valence-corrected chi connectivity index (χ2v) is 4.60. The molecule has 1 aromatic carbocycles. The molecule has 0 bridgehead atoms. The third-order valence-electron chi connectivity index (χ3n) is 2.85. The fourth-order valence-corrected chi connectivity index (χ4v) is 1.87. The van der Waals surface area contributed by atoms with E-state index in [4.69, 9.17) is 16.9 Å². The standard InChI is InChI=1S/C15H18ClN3O/c1-3-12-6-4-5-11(2)14(12)19-10-13(9-17)15(20)18-8-7-16/h4-6,10,19H,3,7-8H2,1-2H3,(H,18,20)/b13-10-. The first-order valence-electron chi connectivity index (χ1n) is 6.43. The van der Waals surface area contributed by atoms with Crippen LogP contribution in [0.1, 0.15) is 18.1 Å². The van der Waals surface area contributed by atoms with Gasteiger partial charge in [-0.15, -0.1) is 11.6 Å². The summed E-state index contributed by atoms with van der Waals surface area (Å²) in [6.07, 6.45) is 2.31. The summed E-state index contributed by atoms with van der Waals surface area (Å²) in [5, 5.41) is 14.6. The summed E-state index contributed by atoms with van der Waals surface area (Å²) in [5.74, 6) is -0.109. The number of rotatable bonds is 6. The van der Waals surface area contributed by atoms with E-state index in [1.54, 1.807) is 0 Å². The van der Waals surface area contributed by atoms with E-state index in [9.17, 15) is 4.79 Å². The molecule has 0 saturated heterocycles. The molecule has 2 N–H and O–H groups in total. The van der Waals surface area contributed by atoms with Crippen molar-refractivity contribution in [3.8, 4) is 6.07 Å². The molecule has 0 aromatic heterocycles. The Morgan fingerprint density at radius 1 is 1.50 bits per heavy atom. The molecule has 0 radical (unpaired) electrons. The second-order valence-electron chi connectivity index (χ2n) is 4.22. The topological polar surface area (TPSA) is 64.9 Å². The van der Waals surface area contributed by atoms with Crippen LogP contribution in [-0.4, -0.2) is 18.3 Å². The number of nitriles is 1. The lowest BCUT2D eigenvalue weighted by atomic mass is 10.1. The number of amides is 1. The summed E-state index contributed by atoms with van der Waals surface area (Å²) in [4.78, 5) is 11.7. The highest BCUT2D eigenvalue weighted by Gasteiger charge is 2.09. The van der Waals surface area contributed by atoms with Gasteiger partial charge in [0.15, 0.2) is 0 Å². The molecule has 1 aromatic rings. The lowest BCUT2D eigenvalue weighted by molar-refractivity contribution is -0.117. The predicted octanol–water partition coefficient (Wildman–Crippen LogP) is 2.73. The largest absolute Gasteiger partial charge is 0.360 e. The SMILES string of the molecule is CCc1cccc(C)c1N/C=C(/C#N)C(=O)NCCCl. The molecule has 5 heteroatoms. The smallest absolute Gasteiger partial charge is 0.263 e. The third-order valence-corrected chi connectivity index (χ3v) is 3.03. The van der Waals surface area contributed by atoms with Crippen LogP contribution in [0.15, 0.2) is 30.0 Å². The van der Waals surface area contributed by atoms with Gasteiger partial charge in [0.05, 0.1) is 0 Å². The minimum Gasteiger partial charge on any atom is -0.360 e. The molecule has 0 atom stereocenters. The molecule has 4 nitrogen and oxygen atoms in total. The minimum absolute atomic E-state index is 0.0282. The highest BCUT2D eigenvalue weighted by molar-refractivity contribution is 6.18. The normalized spacial score (nSPS) is 10.8. The Morgan fingerprint density at radius 2 is 2.25 bits per heavy atom. The maximum Gasteiger partial charge on any atom is 0.263 e. The maximum atomic E-state index is 11.7. The van der Waals surface area contributed by atoms with Gasteiger partial charge in [0.2, 0.25) is 0 Å². The van der Waals surface area contributed by atoms with Crippen molar-refractivity contribution in [1.29, 1.82) is 5.26 Å². The number of alkyl halides is 1. The molecular weight excluding hydrogens is 274 g/mol. The Balaban J connectivity index is 2.90. The first kappa shape index (κ1) is 16.1. The maximum absolute atomic E-state index is 11.7. The zero-order valence-corrected chi connectivity index (χ0v) is 12.4. The lowest BCUT2D eigenvalue weighted by Gasteiger charge is -2.11. The number of benzene rings is 1. The minimum atomic E-state index is -0.424. The summed E-state index contributed by atoms with van der Waals surface area (Å²) in [7, 11) is 0. The molecule has 0 spiro atoms. The van der Waals surface area contributed by atoms with E-state index in [1.165, 1.54) is 6.20 Å². The lowest BCUT2D eigenvalue weighted by Crippen LogP contribution is -2.26. The van der Waals surface area contributed by atoms with Gasteiger partial charge in [0, 0.05) is 24.3 Å². The van der Waals surface area contributed by atoms with Gasteiger partial charge in [-0.2, -0.15) is 5.26 Å². The molecule has 0 aliphatic rings. The van der Waals surface area contributed by atoms with Gasteiger partial charge in [-0.05, 0) is 24.5 Å². The fraction of sp³-hybridized carbons (Fsp3) is 0.333. The number of nitrogens with one attached hydrogen (secondary N) is 2. The van der Waals surface area contributed by atoms with Crippen LogP contribution in [0.4, 0.5) is 5.69 Å². The Morgan fingerprint density at radius 3 is 2.85 bits per heavy atom. The van der Waals surface area contributed by atoms with Crippen molar-refractivity contribution in [3.63, 3.8) is 0 Å². The van der Waals surface area contributed by atoms with E-state index >= 15 is 0 Å². The highest BCUT2D eigenvalue weighted by atomic mass is 35.5. The monoisotopic (exact) mass is 291 g/mol. The van der Waals surface area contributed by atoms with Crippen LogP contribution >= 0.6 is 11.6 Å². The van der Waals surface area contributed by atoms with Crippen molar-refractivity contribution in [2.75, 3.05) is 17.7 Å². The highest BCUT2D eigenvalue weighted by Crippen LogP contribution is 2.21. The van der Waals surface area contributed by atoms with E-state index in [0.29, 0.717) is 12.4 Å². The predicted molar refractivity (Wildman–Crippen MR) is 81.6 cm³/mol. The number of para-hydroxylation sites is 1. The van der Waals surface area contributed by atoms with Crippen molar-refractivity contribution in [1.82, 2.24) is 5.32 Å². The van der Waals surface area contributed by atoms with Crippen LogP contribution in [0, 0.1) is 18.3 Å². The van der Waals surface area contributed by atoms with Crippen molar-refractivity contribution >= 4 is 23.2 Å². The number of hydrogen-bond acceptors (Lipinski definition) is 3. The van der Waals surface area contributed by atoms with Crippen molar-refractivity contribution in [2.24, 2.45) is 0 Å². The number of nitrogens with zero attached hydrogens (tertiary/aromatic N) is 1. The van der Waals surface area contributed by atoms with Gasteiger partial charge < -0.3 is 10.6 Å². The molecule has 106 valence electrons. The summed E-state index contributed by atoms with van der Waals surface area (Å²) in [5.41, 5.74) is 3.17. The number of aryl methyl sites for hydroxylation is 2. The summed E-state index contributed by atoms with van der Waals surface area (Å²) >= 11 is 5.49. The molecule has 0 aliphatic heterocycles. The van der Waals surface area contributed by atoms with E-state index in [1.807, 2.05) is 31.2 Å². The van der Waals surface area contributed by atoms with E-state index < -0.39 is 5.91 Å². The molecule has 0 aliphatic carbocycles. The third kappa shape index (κ3) is 4.29. The van der Waals surface area contributed by atoms with Crippen LogP contribution in [0.25, 0.3) is 0 Å². The molecule has 0 fully saturated rings. The van der Waals surface area contributed by atoms with E-state index in [2.05, 4.69) is 17.6 Å². The molecule has 0 heterocycles. The van der Waals surface area contributed by atoms with Gasteiger partial charge >= 0.3 is 0 Å². The molecule has 0 unspecified atom stereocenters. The van der Waals surface area contributed by atoms with Crippen LogP contribution < -0.4 is 10.6 Å². The number of carbonyl (C=O) groups excluding carboxylic acids is 1. The first-order chi connectivity index (χ1) is 9.63. The summed E-state index contributed by atoms with van der Waals surface area (Å²) < 4.78 is 0. The molecular formula is C15H18ClN3O. The van der Waals surface area contributed by atoms with Crippen LogP contribution in [0.2, 0.25) is 0 Å². The van der Waals surface area contributed by atoms with Gasteiger partial charge in [0.25, 0.3) is 5.91 Å². The number of anilines is 1. The molecule has 1 rings (SSSR count). The Hall–Kier alpha value is -1.99. The van der Waals surface area contributed by atoms with Crippen LogP contribution in [0.3, 0.4) is 0 Å². The van der Waals surface area contributed by atoms with Crippen molar-refractivity contribution in [3.05, 3.63) is 41.1 Å². The Labute approximate surface area is 124 Å². The number of hydrogen-bond donors (Lipinski definition) is 2. The van der Waals surface area contributed by atoms with E-state index in [0.717, 1.165) is 23.2 Å². The van der Waals surface area contributed by atoms with Gasteiger partial charge in [-0.1, -0.05) is 25.1 Å². The average Bonchev–Trinajstić information content (AvgIpc) is 2.46.